The summed E-state index contributed by atoms with van der Waals surface area (Å²) in [6, 6.07) is 22.0. The highest BCUT2D eigenvalue weighted by atomic mass is 16.5. The van der Waals surface area contributed by atoms with Gasteiger partial charge in [0.25, 0.3) is 5.91 Å². The minimum Gasteiger partial charge on any atom is -0.497 e. The van der Waals surface area contributed by atoms with E-state index in [4.69, 9.17) is 4.74 Å². The summed E-state index contributed by atoms with van der Waals surface area (Å²) in [6.45, 7) is 0. The Labute approximate surface area is 150 Å². The summed E-state index contributed by atoms with van der Waals surface area (Å²) in [6.07, 6.45) is 0. The number of carbonyl (C=O) groups excluding carboxylic acids is 1. The van der Waals surface area contributed by atoms with Crippen LogP contribution in [0.5, 0.6) is 5.75 Å². The van der Waals surface area contributed by atoms with Crippen LogP contribution in [-0.4, -0.2) is 28.0 Å². The van der Waals surface area contributed by atoms with E-state index in [0.717, 1.165) is 11.0 Å². The van der Waals surface area contributed by atoms with Crippen LogP contribution in [0.1, 0.15) is 10.4 Å². The molecule has 0 fully saturated rings. The summed E-state index contributed by atoms with van der Waals surface area (Å²) >= 11 is 0. The molecule has 0 atom stereocenters. The van der Waals surface area contributed by atoms with E-state index >= 15 is 0 Å². The van der Waals surface area contributed by atoms with Gasteiger partial charge in [0, 0.05) is 5.56 Å². The molecular weight excluding hydrogens is 328 g/mol. The number of rotatable bonds is 4. The molecule has 1 heterocycles. The number of hydrogen-bond acceptors (Lipinski definition) is 4. The third-order valence-electron chi connectivity index (χ3n) is 4.01. The Hall–Kier alpha value is -3.67. The highest BCUT2D eigenvalue weighted by Crippen LogP contribution is 2.21. The van der Waals surface area contributed by atoms with Gasteiger partial charge in [-0.3, -0.25) is 4.79 Å². The summed E-state index contributed by atoms with van der Waals surface area (Å²) in [5.74, 6) is 0.492. The SMILES string of the molecule is COc1ccc(C(=O)Nc2ccccc2-n2nc3ccccc3n2)cc1. The van der Waals surface area contributed by atoms with Gasteiger partial charge in [-0.2, -0.15) is 0 Å². The number of para-hydroxylation sites is 2. The quantitative estimate of drug-likeness (QED) is 0.613. The predicted molar refractivity (Wildman–Crippen MR) is 99.8 cm³/mol. The molecule has 4 rings (SSSR count). The molecule has 0 bridgehead atoms. The molecule has 6 nitrogen and oxygen atoms in total. The minimum absolute atomic E-state index is 0.211. The Morgan fingerprint density at radius 3 is 2.15 bits per heavy atom. The lowest BCUT2D eigenvalue weighted by atomic mass is 10.2. The van der Waals surface area contributed by atoms with E-state index in [1.807, 2.05) is 48.5 Å². The van der Waals surface area contributed by atoms with Crippen molar-refractivity contribution >= 4 is 22.6 Å². The molecule has 0 aliphatic heterocycles. The van der Waals surface area contributed by atoms with E-state index < -0.39 is 0 Å². The first-order chi connectivity index (χ1) is 12.7. The van der Waals surface area contributed by atoms with Gasteiger partial charge >= 0.3 is 0 Å². The maximum Gasteiger partial charge on any atom is 0.255 e. The Bertz CT molecular complexity index is 1040. The lowest BCUT2D eigenvalue weighted by Gasteiger charge is -2.10. The molecular formula is C20H16N4O2. The molecule has 0 aliphatic rings. The van der Waals surface area contributed by atoms with Crippen molar-refractivity contribution in [1.82, 2.24) is 15.0 Å². The highest BCUT2D eigenvalue weighted by Gasteiger charge is 2.12. The molecule has 1 N–H and O–H groups in total. The summed E-state index contributed by atoms with van der Waals surface area (Å²) in [5.41, 5.74) is 3.46. The van der Waals surface area contributed by atoms with E-state index in [1.165, 1.54) is 4.80 Å². The standard InChI is InChI=1S/C20H16N4O2/c1-26-15-12-10-14(11-13-15)20(25)21-18-8-4-5-9-19(18)24-22-16-6-2-3-7-17(16)23-24/h2-13H,1H3,(H,21,25). The van der Waals surface area contributed by atoms with E-state index in [9.17, 15) is 4.79 Å². The van der Waals surface area contributed by atoms with E-state index in [1.54, 1.807) is 31.4 Å². The van der Waals surface area contributed by atoms with E-state index in [-0.39, 0.29) is 5.91 Å². The second-order valence-electron chi connectivity index (χ2n) is 5.68. The van der Waals surface area contributed by atoms with Crippen molar-refractivity contribution in [2.24, 2.45) is 0 Å². The lowest BCUT2D eigenvalue weighted by Crippen LogP contribution is -2.14. The maximum atomic E-state index is 12.6. The number of hydrogen-bond donors (Lipinski definition) is 1. The van der Waals surface area contributed by atoms with Crippen LogP contribution in [0.3, 0.4) is 0 Å². The van der Waals surface area contributed by atoms with Crippen molar-refractivity contribution in [3.8, 4) is 11.4 Å². The van der Waals surface area contributed by atoms with Gasteiger partial charge in [-0.15, -0.1) is 15.0 Å². The number of benzene rings is 3. The fourth-order valence-corrected chi connectivity index (χ4v) is 2.66. The molecule has 4 aromatic rings. The first-order valence-corrected chi connectivity index (χ1v) is 8.11. The number of nitrogens with zero attached hydrogens (tertiary/aromatic N) is 3. The fourth-order valence-electron chi connectivity index (χ4n) is 2.66. The second kappa shape index (κ2) is 6.68. The van der Waals surface area contributed by atoms with Crippen LogP contribution in [0.4, 0.5) is 5.69 Å². The summed E-state index contributed by atoms with van der Waals surface area (Å²) in [7, 11) is 1.59. The third-order valence-corrected chi connectivity index (χ3v) is 4.01. The maximum absolute atomic E-state index is 12.6. The van der Waals surface area contributed by atoms with Crippen LogP contribution in [0.15, 0.2) is 72.8 Å². The zero-order valence-corrected chi connectivity index (χ0v) is 14.1. The predicted octanol–water partition coefficient (Wildman–Crippen LogP) is 3.68. The number of aromatic nitrogens is 3. The molecule has 128 valence electrons. The summed E-state index contributed by atoms with van der Waals surface area (Å²) in [5, 5.41) is 11.9. The van der Waals surface area contributed by atoms with E-state index in [0.29, 0.717) is 22.7 Å². The van der Waals surface area contributed by atoms with Crippen LogP contribution in [0.2, 0.25) is 0 Å². The molecule has 0 spiro atoms. The second-order valence-corrected chi connectivity index (χ2v) is 5.68. The van der Waals surface area contributed by atoms with Gasteiger partial charge in [0.1, 0.15) is 22.5 Å². The number of fused-ring (bicyclic) bond motifs is 1. The number of anilines is 1. The first kappa shape index (κ1) is 15.8. The monoisotopic (exact) mass is 344 g/mol. The summed E-state index contributed by atoms with van der Waals surface area (Å²) < 4.78 is 5.12. The Morgan fingerprint density at radius 1 is 0.885 bits per heavy atom. The smallest absolute Gasteiger partial charge is 0.255 e. The Kier molecular flexibility index (Phi) is 4.07. The van der Waals surface area contributed by atoms with Gasteiger partial charge in [-0.25, -0.2) is 0 Å². The number of methoxy groups -OCH3 is 1. The van der Waals surface area contributed by atoms with Crippen LogP contribution in [0.25, 0.3) is 16.7 Å². The molecule has 6 heteroatoms. The summed E-state index contributed by atoms with van der Waals surface area (Å²) in [4.78, 5) is 14.1. The van der Waals surface area contributed by atoms with Crippen molar-refractivity contribution in [2.75, 3.05) is 12.4 Å². The molecule has 26 heavy (non-hydrogen) atoms. The zero-order valence-electron chi connectivity index (χ0n) is 14.1. The third kappa shape index (κ3) is 3.00. The largest absolute Gasteiger partial charge is 0.497 e. The van der Waals surface area contributed by atoms with Gasteiger partial charge < -0.3 is 10.1 Å². The molecule has 3 aromatic carbocycles. The molecule has 1 aromatic heterocycles. The van der Waals surface area contributed by atoms with E-state index in [2.05, 4.69) is 15.5 Å². The molecule has 0 aliphatic carbocycles. The van der Waals surface area contributed by atoms with Gasteiger partial charge in [0.05, 0.1) is 12.8 Å². The van der Waals surface area contributed by atoms with Gasteiger partial charge in [-0.1, -0.05) is 24.3 Å². The van der Waals surface area contributed by atoms with Crippen molar-refractivity contribution in [2.45, 2.75) is 0 Å². The minimum atomic E-state index is -0.211. The number of nitrogens with one attached hydrogen (secondary N) is 1. The normalized spacial score (nSPS) is 10.7. The molecule has 0 saturated heterocycles. The van der Waals surface area contributed by atoms with Gasteiger partial charge in [0.15, 0.2) is 0 Å². The average Bonchev–Trinajstić information content (AvgIpc) is 3.12. The van der Waals surface area contributed by atoms with Crippen molar-refractivity contribution in [1.29, 1.82) is 0 Å². The average molecular weight is 344 g/mol. The fraction of sp³-hybridized carbons (Fsp3) is 0.0500. The van der Waals surface area contributed by atoms with Crippen molar-refractivity contribution in [3.05, 3.63) is 78.4 Å². The van der Waals surface area contributed by atoms with Gasteiger partial charge in [0.2, 0.25) is 0 Å². The van der Waals surface area contributed by atoms with Gasteiger partial charge in [-0.05, 0) is 48.5 Å². The highest BCUT2D eigenvalue weighted by molar-refractivity contribution is 6.05. The Morgan fingerprint density at radius 2 is 1.50 bits per heavy atom. The zero-order chi connectivity index (χ0) is 17.9. The van der Waals surface area contributed by atoms with Crippen molar-refractivity contribution < 1.29 is 9.53 Å². The Balaban J connectivity index is 1.66. The van der Waals surface area contributed by atoms with Crippen LogP contribution >= 0.6 is 0 Å². The molecule has 1 amide bonds. The molecule has 0 unspecified atom stereocenters. The number of ether oxygens (including phenoxy) is 1. The van der Waals surface area contributed by atoms with Crippen LogP contribution in [-0.2, 0) is 0 Å². The van der Waals surface area contributed by atoms with Crippen molar-refractivity contribution in [3.63, 3.8) is 0 Å². The first-order valence-electron chi connectivity index (χ1n) is 8.11. The molecule has 0 radical (unpaired) electrons. The number of carbonyl (C=O) groups is 1. The number of amides is 1. The topological polar surface area (TPSA) is 69.0 Å². The molecule has 0 saturated carbocycles. The lowest BCUT2D eigenvalue weighted by molar-refractivity contribution is 0.102. The van der Waals surface area contributed by atoms with Crippen LogP contribution < -0.4 is 10.1 Å². The van der Waals surface area contributed by atoms with Crippen LogP contribution in [0, 0.1) is 0 Å².